The van der Waals surface area contributed by atoms with Crippen molar-refractivity contribution in [1.82, 2.24) is 35.6 Å². The topological polar surface area (TPSA) is 140 Å². The third-order valence-corrected chi connectivity index (χ3v) is 5.93. The molecule has 0 atom stereocenters. The van der Waals surface area contributed by atoms with Crippen molar-refractivity contribution >= 4 is 41.1 Å². The Balaban J connectivity index is 1.58. The average molecular weight is 478 g/mol. The molecular formula is C19H21Cl2N9O2. The summed E-state index contributed by atoms with van der Waals surface area (Å²) in [6, 6.07) is 5.13. The lowest BCUT2D eigenvalue weighted by atomic mass is 10.2. The van der Waals surface area contributed by atoms with Gasteiger partial charge in [0, 0.05) is 12.1 Å². The molecule has 1 aliphatic heterocycles. The molecule has 1 saturated heterocycles. The highest BCUT2D eigenvalue weighted by atomic mass is 35.5. The van der Waals surface area contributed by atoms with Crippen LogP contribution >= 0.6 is 23.2 Å². The van der Waals surface area contributed by atoms with Crippen LogP contribution in [0.1, 0.15) is 47.4 Å². The minimum absolute atomic E-state index is 0.0487. The van der Waals surface area contributed by atoms with E-state index in [1.54, 1.807) is 18.2 Å². The van der Waals surface area contributed by atoms with Crippen LogP contribution in [0.5, 0.6) is 0 Å². The Morgan fingerprint density at radius 2 is 2.00 bits per heavy atom. The number of nitrogens with zero attached hydrogens (tertiary/aromatic N) is 7. The number of nitrogen functional groups attached to an aromatic ring is 1. The molecule has 1 aromatic carbocycles. The van der Waals surface area contributed by atoms with E-state index in [1.807, 2.05) is 0 Å². The van der Waals surface area contributed by atoms with Crippen LogP contribution in [0.2, 0.25) is 10.0 Å². The zero-order valence-electron chi connectivity index (χ0n) is 17.0. The normalized spacial score (nSPS) is 15.2. The van der Waals surface area contributed by atoms with Crippen molar-refractivity contribution in [1.29, 1.82) is 0 Å². The maximum Gasteiger partial charge on any atom is 0.293 e. The van der Waals surface area contributed by atoms with E-state index in [0.717, 1.165) is 25.9 Å². The Morgan fingerprint density at radius 3 is 2.72 bits per heavy atom. The molecule has 0 spiro atoms. The smallest absolute Gasteiger partial charge is 0.293 e. The van der Waals surface area contributed by atoms with E-state index >= 15 is 0 Å². The second-order valence-corrected chi connectivity index (χ2v) is 8.09. The number of nitrogens with two attached hydrogens (primary N) is 1. The number of carbonyl (C=O) groups is 1. The monoisotopic (exact) mass is 477 g/mol. The molecule has 0 unspecified atom stereocenters. The SMILES string of the molecule is Nc1nonc1-n1nnc(C(=O)N/N=C/c2cccc(Cl)c2Cl)c1CN1CCCCCC1. The number of rotatable bonds is 6. The Morgan fingerprint density at radius 1 is 1.22 bits per heavy atom. The van der Waals surface area contributed by atoms with Crippen LogP contribution in [0, 0.1) is 0 Å². The molecule has 3 N–H and O–H groups in total. The number of aromatic nitrogens is 5. The van der Waals surface area contributed by atoms with Crippen LogP contribution < -0.4 is 11.2 Å². The highest BCUT2D eigenvalue weighted by molar-refractivity contribution is 6.43. The van der Waals surface area contributed by atoms with E-state index in [-0.39, 0.29) is 17.3 Å². The fourth-order valence-electron chi connectivity index (χ4n) is 3.47. The summed E-state index contributed by atoms with van der Waals surface area (Å²) >= 11 is 12.2. The largest absolute Gasteiger partial charge is 0.378 e. The molecule has 13 heteroatoms. The number of halogens is 2. The summed E-state index contributed by atoms with van der Waals surface area (Å²) in [7, 11) is 0. The van der Waals surface area contributed by atoms with Crippen molar-refractivity contribution in [3.05, 3.63) is 45.2 Å². The minimum Gasteiger partial charge on any atom is -0.378 e. The van der Waals surface area contributed by atoms with E-state index < -0.39 is 5.91 Å². The zero-order chi connectivity index (χ0) is 22.5. The fourth-order valence-corrected chi connectivity index (χ4v) is 3.82. The van der Waals surface area contributed by atoms with Gasteiger partial charge in [0.05, 0.1) is 22.0 Å². The van der Waals surface area contributed by atoms with Crippen LogP contribution in [-0.2, 0) is 6.54 Å². The van der Waals surface area contributed by atoms with Crippen molar-refractivity contribution in [3.8, 4) is 5.82 Å². The zero-order valence-corrected chi connectivity index (χ0v) is 18.6. The first kappa shape index (κ1) is 22.2. The Bertz CT molecular complexity index is 1120. The molecule has 1 aliphatic rings. The Labute approximate surface area is 193 Å². The highest BCUT2D eigenvalue weighted by Crippen LogP contribution is 2.24. The van der Waals surface area contributed by atoms with Gasteiger partial charge in [-0.25, -0.2) is 10.1 Å². The average Bonchev–Trinajstić information content (AvgIpc) is 3.28. The van der Waals surface area contributed by atoms with Gasteiger partial charge in [0.1, 0.15) is 0 Å². The molecule has 1 fully saturated rings. The molecular weight excluding hydrogens is 457 g/mol. The van der Waals surface area contributed by atoms with Gasteiger partial charge in [-0.2, -0.15) is 9.78 Å². The first-order valence-corrected chi connectivity index (χ1v) is 10.8. The van der Waals surface area contributed by atoms with Gasteiger partial charge in [0.2, 0.25) is 11.6 Å². The molecule has 4 rings (SSSR count). The van der Waals surface area contributed by atoms with Crippen LogP contribution in [0.4, 0.5) is 5.82 Å². The molecule has 168 valence electrons. The van der Waals surface area contributed by atoms with E-state index in [2.05, 4.69) is 36.1 Å². The van der Waals surface area contributed by atoms with Crippen molar-refractivity contribution in [2.45, 2.75) is 32.2 Å². The Kier molecular flexibility index (Phi) is 6.98. The number of likely N-dealkylation sites (tertiary alicyclic amines) is 1. The fraction of sp³-hybridized carbons (Fsp3) is 0.368. The molecule has 0 radical (unpaired) electrons. The number of benzene rings is 1. The third-order valence-electron chi connectivity index (χ3n) is 5.10. The molecule has 3 heterocycles. The highest BCUT2D eigenvalue weighted by Gasteiger charge is 2.25. The second-order valence-electron chi connectivity index (χ2n) is 7.30. The van der Waals surface area contributed by atoms with Crippen molar-refractivity contribution in [3.63, 3.8) is 0 Å². The van der Waals surface area contributed by atoms with E-state index in [1.165, 1.54) is 23.7 Å². The number of nitrogens with one attached hydrogen (secondary N) is 1. The van der Waals surface area contributed by atoms with Crippen LogP contribution in [0.15, 0.2) is 27.9 Å². The number of anilines is 1. The summed E-state index contributed by atoms with van der Waals surface area (Å²) in [5.41, 5.74) is 9.48. The molecule has 1 amide bonds. The standard InChI is InChI=1S/C19H21Cl2N9O2/c20-13-7-5-6-12(15(13)21)10-23-25-19(31)16-14(11-29-8-3-1-2-4-9-29)30(28-24-16)18-17(22)26-32-27-18/h5-7,10H,1-4,8-9,11H2,(H2,22,26)(H,25,31)/b23-10+. The summed E-state index contributed by atoms with van der Waals surface area (Å²) in [6.07, 6.45) is 5.94. The maximum atomic E-state index is 12.9. The van der Waals surface area contributed by atoms with Gasteiger partial charge in [0.15, 0.2) is 5.69 Å². The summed E-state index contributed by atoms with van der Waals surface area (Å²) in [5.74, 6) is -0.311. The minimum atomic E-state index is -0.537. The predicted octanol–water partition coefficient (Wildman–Crippen LogP) is 2.68. The van der Waals surface area contributed by atoms with Crippen molar-refractivity contribution < 1.29 is 9.42 Å². The van der Waals surface area contributed by atoms with E-state index in [0.29, 0.717) is 27.8 Å². The summed E-state index contributed by atoms with van der Waals surface area (Å²) in [5, 5.41) is 20.2. The van der Waals surface area contributed by atoms with E-state index in [4.69, 9.17) is 33.6 Å². The van der Waals surface area contributed by atoms with Gasteiger partial charge in [-0.1, -0.05) is 53.4 Å². The maximum absolute atomic E-state index is 12.9. The number of hydrazone groups is 1. The molecule has 0 aliphatic carbocycles. The van der Waals surface area contributed by atoms with Crippen LogP contribution in [0.25, 0.3) is 5.82 Å². The van der Waals surface area contributed by atoms with Crippen molar-refractivity contribution in [2.24, 2.45) is 5.10 Å². The molecule has 11 nitrogen and oxygen atoms in total. The molecule has 3 aromatic rings. The van der Waals surface area contributed by atoms with Gasteiger partial charge in [-0.05, 0) is 42.3 Å². The summed E-state index contributed by atoms with van der Waals surface area (Å²) in [4.78, 5) is 15.1. The van der Waals surface area contributed by atoms with Gasteiger partial charge < -0.3 is 5.73 Å². The van der Waals surface area contributed by atoms with Gasteiger partial charge >= 0.3 is 0 Å². The van der Waals surface area contributed by atoms with Gasteiger partial charge in [0.25, 0.3) is 5.91 Å². The second kappa shape index (κ2) is 10.1. The first-order chi connectivity index (χ1) is 15.5. The lowest BCUT2D eigenvalue weighted by Crippen LogP contribution is -2.28. The quantitative estimate of drug-likeness (QED) is 0.407. The number of carbonyl (C=O) groups excluding carboxylic acids is 1. The molecule has 0 bridgehead atoms. The number of amides is 1. The van der Waals surface area contributed by atoms with Gasteiger partial charge in [-0.3, -0.25) is 9.69 Å². The first-order valence-electron chi connectivity index (χ1n) is 10.1. The van der Waals surface area contributed by atoms with Crippen LogP contribution in [-0.4, -0.2) is 55.4 Å². The lowest BCUT2D eigenvalue weighted by molar-refractivity contribution is 0.0948. The molecule has 2 aromatic heterocycles. The predicted molar refractivity (Wildman–Crippen MR) is 119 cm³/mol. The van der Waals surface area contributed by atoms with E-state index in [9.17, 15) is 4.79 Å². The lowest BCUT2D eigenvalue weighted by Gasteiger charge is -2.20. The van der Waals surface area contributed by atoms with Gasteiger partial charge in [-0.15, -0.1) is 5.10 Å². The summed E-state index contributed by atoms with van der Waals surface area (Å²) in [6.45, 7) is 2.25. The number of hydrogen-bond acceptors (Lipinski definition) is 9. The Hall–Kier alpha value is -3.02. The molecule has 0 saturated carbocycles. The molecule has 32 heavy (non-hydrogen) atoms. The van der Waals surface area contributed by atoms with Crippen LogP contribution in [0.3, 0.4) is 0 Å². The summed E-state index contributed by atoms with van der Waals surface area (Å²) < 4.78 is 6.07. The third kappa shape index (κ3) is 4.90. The number of hydrogen-bond donors (Lipinski definition) is 2. The van der Waals surface area contributed by atoms with Crippen molar-refractivity contribution in [2.75, 3.05) is 18.8 Å².